The smallest absolute Gasteiger partial charge is 0.309 e. The van der Waals surface area contributed by atoms with Crippen molar-refractivity contribution in [3.63, 3.8) is 0 Å². The lowest BCUT2D eigenvalue weighted by Gasteiger charge is -2.03. The first-order valence-electron chi connectivity index (χ1n) is 5.28. The van der Waals surface area contributed by atoms with E-state index in [2.05, 4.69) is 32.0 Å². The molecule has 0 N–H and O–H groups in total. The number of benzene rings is 1. The average molecular weight is 204 g/mol. The van der Waals surface area contributed by atoms with Crippen molar-refractivity contribution in [2.24, 2.45) is 5.92 Å². The fourth-order valence-corrected chi connectivity index (χ4v) is 2.20. The number of rotatable bonds is 2. The van der Waals surface area contributed by atoms with Crippen LogP contribution in [0.3, 0.4) is 0 Å². The molecule has 0 aromatic heterocycles. The van der Waals surface area contributed by atoms with E-state index < -0.39 is 0 Å². The number of esters is 1. The predicted molar refractivity (Wildman–Crippen MR) is 58.8 cm³/mol. The van der Waals surface area contributed by atoms with Crippen LogP contribution >= 0.6 is 0 Å². The third-order valence-corrected chi connectivity index (χ3v) is 2.97. The fraction of sp³-hybridized carbons (Fsp3) is 0.462. The molecule has 80 valence electrons. The van der Waals surface area contributed by atoms with Crippen LogP contribution in [-0.4, -0.2) is 13.1 Å². The number of hydrogen-bond donors (Lipinski definition) is 0. The van der Waals surface area contributed by atoms with Gasteiger partial charge in [-0.1, -0.05) is 29.3 Å². The molecule has 0 heterocycles. The molecule has 1 fully saturated rings. The number of carbonyl (C=O) groups is 1. The molecular weight excluding hydrogens is 188 g/mol. The van der Waals surface area contributed by atoms with Crippen LogP contribution in [0.15, 0.2) is 18.2 Å². The first-order chi connectivity index (χ1) is 7.11. The van der Waals surface area contributed by atoms with Gasteiger partial charge in [-0.15, -0.1) is 0 Å². The maximum absolute atomic E-state index is 11.3. The number of aryl methyl sites for hydroxylation is 2. The van der Waals surface area contributed by atoms with Gasteiger partial charge < -0.3 is 4.74 Å². The molecule has 1 aliphatic rings. The molecule has 1 aromatic rings. The second-order valence-corrected chi connectivity index (χ2v) is 4.39. The molecule has 2 rings (SSSR count). The van der Waals surface area contributed by atoms with Crippen molar-refractivity contribution in [1.82, 2.24) is 0 Å². The van der Waals surface area contributed by atoms with Gasteiger partial charge in [0.25, 0.3) is 0 Å². The highest BCUT2D eigenvalue weighted by Gasteiger charge is 2.44. The summed E-state index contributed by atoms with van der Waals surface area (Å²) >= 11 is 0. The van der Waals surface area contributed by atoms with E-state index in [9.17, 15) is 4.79 Å². The topological polar surface area (TPSA) is 26.3 Å². The highest BCUT2D eigenvalue weighted by atomic mass is 16.5. The van der Waals surface area contributed by atoms with Crippen LogP contribution in [0, 0.1) is 19.8 Å². The van der Waals surface area contributed by atoms with Gasteiger partial charge in [0, 0.05) is 0 Å². The SMILES string of the molecule is COC(=O)[C@@H]1C[C@H]1c1cc(C)cc(C)c1. The minimum atomic E-state index is -0.0702. The molecule has 0 spiro atoms. The molecule has 0 amide bonds. The highest BCUT2D eigenvalue weighted by Crippen LogP contribution is 2.48. The van der Waals surface area contributed by atoms with Crippen molar-refractivity contribution in [3.05, 3.63) is 34.9 Å². The van der Waals surface area contributed by atoms with Crippen LogP contribution in [0.25, 0.3) is 0 Å². The Morgan fingerprint density at radius 3 is 2.40 bits per heavy atom. The van der Waals surface area contributed by atoms with Crippen LogP contribution in [0.4, 0.5) is 0 Å². The van der Waals surface area contributed by atoms with Crippen LogP contribution in [0.1, 0.15) is 29.0 Å². The van der Waals surface area contributed by atoms with Gasteiger partial charge in [0.15, 0.2) is 0 Å². The van der Waals surface area contributed by atoms with E-state index in [1.807, 2.05) is 0 Å². The Hall–Kier alpha value is -1.31. The third-order valence-electron chi connectivity index (χ3n) is 2.97. The normalized spacial score (nSPS) is 23.7. The first kappa shape index (κ1) is 10.2. The zero-order valence-electron chi connectivity index (χ0n) is 9.41. The van der Waals surface area contributed by atoms with Crippen molar-refractivity contribution in [2.45, 2.75) is 26.2 Å². The molecule has 0 radical (unpaired) electrons. The van der Waals surface area contributed by atoms with E-state index in [0.29, 0.717) is 5.92 Å². The van der Waals surface area contributed by atoms with Gasteiger partial charge in [-0.05, 0) is 31.7 Å². The predicted octanol–water partition coefficient (Wildman–Crippen LogP) is 2.58. The molecule has 0 unspecified atom stereocenters. The van der Waals surface area contributed by atoms with Gasteiger partial charge in [0.1, 0.15) is 0 Å². The summed E-state index contributed by atoms with van der Waals surface area (Å²) in [7, 11) is 1.46. The maximum Gasteiger partial charge on any atom is 0.309 e. The Balaban J connectivity index is 2.16. The van der Waals surface area contributed by atoms with E-state index in [1.165, 1.54) is 23.8 Å². The lowest BCUT2D eigenvalue weighted by atomic mass is 10.0. The standard InChI is InChI=1S/C13H16O2/c1-8-4-9(2)6-10(5-8)11-7-12(11)13(14)15-3/h4-6,11-12H,7H2,1-3H3/t11-,12+/m0/s1. The van der Waals surface area contributed by atoms with Gasteiger partial charge in [-0.25, -0.2) is 0 Å². The molecule has 1 aromatic carbocycles. The molecule has 1 saturated carbocycles. The molecule has 0 bridgehead atoms. The van der Waals surface area contributed by atoms with Gasteiger partial charge in [0.2, 0.25) is 0 Å². The summed E-state index contributed by atoms with van der Waals surface area (Å²) in [5.74, 6) is 0.409. The van der Waals surface area contributed by atoms with Gasteiger partial charge in [-0.2, -0.15) is 0 Å². The molecule has 2 heteroatoms. The van der Waals surface area contributed by atoms with Crippen LogP contribution in [0.5, 0.6) is 0 Å². The zero-order valence-corrected chi connectivity index (χ0v) is 9.41. The summed E-state index contributed by atoms with van der Waals surface area (Å²) in [6, 6.07) is 6.49. The molecule has 0 aliphatic heterocycles. The monoisotopic (exact) mass is 204 g/mol. The van der Waals surface area contributed by atoms with E-state index in [-0.39, 0.29) is 11.9 Å². The van der Waals surface area contributed by atoms with Crippen molar-refractivity contribution in [1.29, 1.82) is 0 Å². The highest BCUT2D eigenvalue weighted by molar-refractivity contribution is 5.77. The van der Waals surface area contributed by atoms with E-state index in [0.717, 1.165) is 6.42 Å². The third kappa shape index (κ3) is 2.04. The Labute approximate surface area is 90.3 Å². The van der Waals surface area contributed by atoms with Gasteiger partial charge in [-0.3, -0.25) is 4.79 Å². The summed E-state index contributed by atoms with van der Waals surface area (Å²) in [6.07, 6.45) is 0.940. The molecule has 15 heavy (non-hydrogen) atoms. The summed E-state index contributed by atoms with van der Waals surface area (Å²) in [6.45, 7) is 4.18. The molecule has 0 saturated heterocycles. The molecule has 2 atom stereocenters. The van der Waals surface area contributed by atoms with Gasteiger partial charge in [0.05, 0.1) is 13.0 Å². The molecule has 1 aliphatic carbocycles. The van der Waals surface area contributed by atoms with E-state index in [1.54, 1.807) is 0 Å². The number of carbonyl (C=O) groups excluding carboxylic acids is 1. The minimum absolute atomic E-state index is 0.0702. The van der Waals surface area contributed by atoms with Crippen molar-refractivity contribution in [2.75, 3.05) is 7.11 Å². The maximum atomic E-state index is 11.3. The zero-order chi connectivity index (χ0) is 11.0. The first-order valence-corrected chi connectivity index (χ1v) is 5.28. The lowest BCUT2D eigenvalue weighted by Crippen LogP contribution is -2.04. The van der Waals surface area contributed by atoms with Gasteiger partial charge >= 0.3 is 5.97 Å². The molecule has 2 nitrogen and oxygen atoms in total. The average Bonchev–Trinajstić information content (AvgIpc) is 2.94. The summed E-state index contributed by atoms with van der Waals surface area (Å²) in [4.78, 5) is 11.3. The number of ether oxygens (including phenoxy) is 1. The number of hydrogen-bond acceptors (Lipinski definition) is 2. The summed E-state index contributed by atoms with van der Waals surface area (Å²) in [5, 5.41) is 0. The van der Waals surface area contributed by atoms with E-state index >= 15 is 0 Å². The minimum Gasteiger partial charge on any atom is -0.469 e. The quantitative estimate of drug-likeness (QED) is 0.692. The molecular formula is C13H16O2. The van der Waals surface area contributed by atoms with Crippen molar-refractivity contribution in [3.8, 4) is 0 Å². The Morgan fingerprint density at radius 1 is 1.27 bits per heavy atom. The summed E-state index contributed by atoms with van der Waals surface area (Å²) in [5.41, 5.74) is 3.81. The van der Waals surface area contributed by atoms with E-state index in [4.69, 9.17) is 4.74 Å². The van der Waals surface area contributed by atoms with Crippen molar-refractivity contribution < 1.29 is 9.53 Å². The lowest BCUT2D eigenvalue weighted by molar-refractivity contribution is -0.142. The number of methoxy groups -OCH3 is 1. The second kappa shape index (κ2) is 3.69. The van der Waals surface area contributed by atoms with Crippen LogP contribution in [0.2, 0.25) is 0 Å². The second-order valence-electron chi connectivity index (χ2n) is 4.39. The van der Waals surface area contributed by atoms with Crippen LogP contribution < -0.4 is 0 Å². The Kier molecular flexibility index (Phi) is 2.51. The van der Waals surface area contributed by atoms with Crippen LogP contribution in [-0.2, 0) is 9.53 Å². The summed E-state index contributed by atoms with van der Waals surface area (Å²) < 4.78 is 4.75. The fourth-order valence-electron chi connectivity index (χ4n) is 2.20. The van der Waals surface area contributed by atoms with Crippen molar-refractivity contribution >= 4 is 5.97 Å². The Bertz CT molecular complexity index is 375. The largest absolute Gasteiger partial charge is 0.469 e. The Morgan fingerprint density at radius 2 is 1.87 bits per heavy atom.